The molecular formula is C14H21ClN4O2S. The number of sulfonamides is 1. The second-order valence-electron chi connectivity index (χ2n) is 5.36. The summed E-state index contributed by atoms with van der Waals surface area (Å²) in [5.74, 6) is 0.915. The van der Waals surface area contributed by atoms with Crippen LogP contribution in [-0.4, -0.2) is 48.7 Å². The van der Waals surface area contributed by atoms with E-state index in [9.17, 15) is 8.42 Å². The molecule has 0 aliphatic rings. The number of hydrogen-bond donors (Lipinski definition) is 2. The maximum atomic E-state index is 11.5. The van der Waals surface area contributed by atoms with Crippen molar-refractivity contribution in [2.24, 2.45) is 0 Å². The molecule has 0 amide bonds. The van der Waals surface area contributed by atoms with Gasteiger partial charge in [-0.1, -0.05) is 11.6 Å². The molecule has 2 N–H and O–H groups in total. The van der Waals surface area contributed by atoms with Gasteiger partial charge in [0.1, 0.15) is 5.82 Å². The average molecular weight is 345 g/mol. The zero-order valence-corrected chi connectivity index (χ0v) is 14.5. The molecule has 22 heavy (non-hydrogen) atoms. The zero-order valence-electron chi connectivity index (χ0n) is 12.9. The van der Waals surface area contributed by atoms with Gasteiger partial charge in [0.25, 0.3) is 0 Å². The number of H-pyrrole nitrogens is 1. The van der Waals surface area contributed by atoms with Crippen LogP contribution >= 0.6 is 11.6 Å². The Bertz CT molecular complexity index is 744. The summed E-state index contributed by atoms with van der Waals surface area (Å²) < 4.78 is 25.5. The van der Waals surface area contributed by atoms with Crippen molar-refractivity contribution >= 4 is 32.7 Å². The van der Waals surface area contributed by atoms with Crippen molar-refractivity contribution in [2.75, 3.05) is 19.3 Å². The normalized spacial score (nSPS) is 13.9. The molecule has 8 heteroatoms. The molecule has 0 fully saturated rings. The molecule has 122 valence electrons. The third-order valence-electron chi connectivity index (χ3n) is 3.62. The van der Waals surface area contributed by atoms with Crippen LogP contribution in [-0.2, 0) is 16.6 Å². The summed E-state index contributed by atoms with van der Waals surface area (Å²) in [6, 6.07) is 5.57. The standard InChI is InChI=1S/C14H21ClN4O2S/c1-4-22(20,21)16-8-10(2)19(3)9-14-17-12-6-5-11(15)7-13(12)18-14/h5-7,10,16H,4,8-9H2,1-3H3,(H,17,18)/t10-/m0/s1. The number of benzene rings is 1. The lowest BCUT2D eigenvalue weighted by Crippen LogP contribution is -2.40. The number of fused-ring (bicyclic) bond motifs is 1. The molecule has 0 unspecified atom stereocenters. The fourth-order valence-electron chi connectivity index (χ4n) is 2.01. The smallest absolute Gasteiger partial charge is 0.211 e. The van der Waals surface area contributed by atoms with E-state index < -0.39 is 10.0 Å². The van der Waals surface area contributed by atoms with Crippen LogP contribution in [0.3, 0.4) is 0 Å². The number of halogens is 1. The lowest BCUT2D eigenvalue weighted by Gasteiger charge is -2.23. The predicted molar refractivity (Wildman–Crippen MR) is 89.5 cm³/mol. The van der Waals surface area contributed by atoms with Gasteiger partial charge in [-0.2, -0.15) is 0 Å². The number of aromatic nitrogens is 2. The Balaban J connectivity index is 1.99. The van der Waals surface area contributed by atoms with E-state index >= 15 is 0 Å². The van der Waals surface area contributed by atoms with E-state index in [0.717, 1.165) is 16.9 Å². The number of nitrogens with one attached hydrogen (secondary N) is 2. The summed E-state index contributed by atoms with van der Waals surface area (Å²) in [7, 11) is -1.23. The van der Waals surface area contributed by atoms with Crippen molar-refractivity contribution in [2.45, 2.75) is 26.4 Å². The van der Waals surface area contributed by atoms with Crippen LogP contribution in [0.5, 0.6) is 0 Å². The number of nitrogens with zero attached hydrogens (tertiary/aromatic N) is 2. The van der Waals surface area contributed by atoms with Crippen LogP contribution in [0, 0.1) is 0 Å². The van der Waals surface area contributed by atoms with Crippen LogP contribution in [0.4, 0.5) is 0 Å². The molecule has 0 radical (unpaired) electrons. The lowest BCUT2D eigenvalue weighted by atomic mass is 10.3. The Labute approximate surface area is 135 Å². The van der Waals surface area contributed by atoms with Gasteiger partial charge in [0, 0.05) is 17.6 Å². The van der Waals surface area contributed by atoms with E-state index in [1.165, 1.54) is 0 Å². The van der Waals surface area contributed by atoms with Gasteiger partial charge in [0.15, 0.2) is 0 Å². The van der Waals surface area contributed by atoms with Gasteiger partial charge in [-0.05, 0) is 39.1 Å². The van der Waals surface area contributed by atoms with Crippen LogP contribution in [0.2, 0.25) is 5.02 Å². The van der Waals surface area contributed by atoms with Crippen molar-refractivity contribution < 1.29 is 8.42 Å². The monoisotopic (exact) mass is 344 g/mol. The molecular weight excluding hydrogens is 324 g/mol. The van der Waals surface area contributed by atoms with E-state index in [2.05, 4.69) is 14.7 Å². The number of likely N-dealkylation sites (N-methyl/N-ethyl adjacent to an activating group) is 1. The van der Waals surface area contributed by atoms with Gasteiger partial charge >= 0.3 is 0 Å². The van der Waals surface area contributed by atoms with E-state index in [0.29, 0.717) is 18.1 Å². The minimum Gasteiger partial charge on any atom is -0.341 e. The van der Waals surface area contributed by atoms with E-state index in [1.807, 2.05) is 31.0 Å². The Hall–Kier alpha value is -1.15. The lowest BCUT2D eigenvalue weighted by molar-refractivity contribution is 0.245. The predicted octanol–water partition coefficient (Wildman–Crippen LogP) is 1.98. The minimum absolute atomic E-state index is 0.0538. The van der Waals surface area contributed by atoms with Crippen LogP contribution in [0.25, 0.3) is 11.0 Å². The number of rotatable bonds is 7. The first-order chi connectivity index (χ1) is 10.3. The van der Waals surface area contributed by atoms with Crippen LogP contribution < -0.4 is 4.72 Å². The molecule has 0 aliphatic heterocycles. The van der Waals surface area contributed by atoms with Gasteiger partial charge in [0.2, 0.25) is 10.0 Å². The summed E-state index contributed by atoms with van der Waals surface area (Å²) in [5.41, 5.74) is 1.77. The molecule has 2 rings (SSSR count). The van der Waals surface area contributed by atoms with Crippen molar-refractivity contribution in [1.29, 1.82) is 0 Å². The molecule has 0 aliphatic carbocycles. The highest BCUT2D eigenvalue weighted by atomic mass is 35.5. The molecule has 1 heterocycles. The van der Waals surface area contributed by atoms with Gasteiger partial charge in [-0.3, -0.25) is 4.90 Å². The van der Waals surface area contributed by atoms with Crippen LogP contribution in [0.1, 0.15) is 19.7 Å². The Morgan fingerprint density at radius 3 is 2.86 bits per heavy atom. The molecule has 6 nitrogen and oxygen atoms in total. The molecule has 1 aromatic carbocycles. The van der Waals surface area contributed by atoms with Gasteiger partial charge in [-0.15, -0.1) is 0 Å². The summed E-state index contributed by atoms with van der Waals surface area (Å²) in [6.07, 6.45) is 0. The number of hydrogen-bond acceptors (Lipinski definition) is 4. The molecule has 2 aromatic rings. The van der Waals surface area contributed by atoms with Crippen molar-refractivity contribution in [1.82, 2.24) is 19.6 Å². The Kier molecular flexibility index (Phi) is 5.44. The first kappa shape index (κ1) is 17.2. The average Bonchev–Trinajstić information content (AvgIpc) is 2.86. The second kappa shape index (κ2) is 6.95. The third-order valence-corrected chi connectivity index (χ3v) is 5.22. The van der Waals surface area contributed by atoms with Gasteiger partial charge in [0.05, 0.1) is 23.3 Å². The summed E-state index contributed by atoms with van der Waals surface area (Å²) in [5, 5.41) is 0.665. The first-order valence-corrected chi connectivity index (χ1v) is 9.15. The quantitative estimate of drug-likeness (QED) is 0.805. The first-order valence-electron chi connectivity index (χ1n) is 7.12. The molecule has 1 aromatic heterocycles. The highest BCUT2D eigenvalue weighted by Gasteiger charge is 2.15. The molecule has 0 bridgehead atoms. The maximum Gasteiger partial charge on any atom is 0.211 e. The fourth-order valence-corrected chi connectivity index (χ4v) is 2.88. The summed E-state index contributed by atoms with van der Waals surface area (Å²) in [4.78, 5) is 9.78. The molecule has 0 saturated heterocycles. The topological polar surface area (TPSA) is 78.1 Å². The van der Waals surface area contributed by atoms with E-state index in [1.54, 1.807) is 13.0 Å². The Morgan fingerprint density at radius 2 is 2.18 bits per heavy atom. The number of aromatic amines is 1. The highest BCUT2D eigenvalue weighted by Crippen LogP contribution is 2.17. The highest BCUT2D eigenvalue weighted by molar-refractivity contribution is 7.89. The molecule has 1 atom stereocenters. The third kappa shape index (κ3) is 4.42. The molecule has 0 saturated carbocycles. The minimum atomic E-state index is -3.16. The second-order valence-corrected chi connectivity index (χ2v) is 7.89. The Morgan fingerprint density at radius 1 is 1.45 bits per heavy atom. The van der Waals surface area contributed by atoms with E-state index in [4.69, 9.17) is 11.6 Å². The SMILES string of the molecule is CCS(=O)(=O)NC[C@H](C)N(C)Cc1nc2ccc(Cl)cc2[nH]1. The maximum absolute atomic E-state index is 11.5. The summed E-state index contributed by atoms with van der Waals surface area (Å²) >= 11 is 5.96. The van der Waals surface area contributed by atoms with Crippen LogP contribution in [0.15, 0.2) is 18.2 Å². The van der Waals surface area contributed by atoms with Crippen molar-refractivity contribution in [3.8, 4) is 0 Å². The van der Waals surface area contributed by atoms with Gasteiger partial charge in [-0.25, -0.2) is 18.1 Å². The fraction of sp³-hybridized carbons (Fsp3) is 0.500. The molecule has 0 spiro atoms. The zero-order chi connectivity index (χ0) is 16.3. The van der Waals surface area contributed by atoms with E-state index in [-0.39, 0.29) is 11.8 Å². The van der Waals surface area contributed by atoms with Gasteiger partial charge < -0.3 is 4.98 Å². The van der Waals surface area contributed by atoms with Crippen molar-refractivity contribution in [3.63, 3.8) is 0 Å². The van der Waals surface area contributed by atoms with Crippen molar-refractivity contribution in [3.05, 3.63) is 29.0 Å². The summed E-state index contributed by atoms with van der Waals surface area (Å²) in [6.45, 7) is 4.56. The largest absolute Gasteiger partial charge is 0.341 e. The number of imidazole rings is 1.